The van der Waals surface area contributed by atoms with Gasteiger partial charge in [0.1, 0.15) is 12.4 Å². The molecule has 2 aromatic carbocycles. The van der Waals surface area contributed by atoms with E-state index in [1.54, 1.807) is 38.1 Å². The number of carboxylic acids is 1. The number of nitrogens with zero attached hydrogens (tertiary/aromatic N) is 1. The summed E-state index contributed by atoms with van der Waals surface area (Å²) in [6.07, 6.45) is 0.157. The van der Waals surface area contributed by atoms with E-state index >= 15 is 0 Å². The van der Waals surface area contributed by atoms with Crippen molar-refractivity contribution in [2.45, 2.75) is 45.4 Å². The van der Waals surface area contributed by atoms with Gasteiger partial charge in [-0.3, -0.25) is 0 Å². The Hall–Kier alpha value is -3.43. The van der Waals surface area contributed by atoms with Crippen molar-refractivity contribution in [3.05, 3.63) is 76.2 Å². The lowest BCUT2D eigenvalue weighted by molar-refractivity contribution is -0.322. The fraction of sp³-hybridized carbons (Fsp3) is 0.407. The van der Waals surface area contributed by atoms with Crippen LogP contribution < -0.4 is 15.3 Å². The predicted molar refractivity (Wildman–Crippen MR) is 127 cm³/mol. The van der Waals surface area contributed by atoms with Gasteiger partial charge >= 0.3 is 5.97 Å². The molecule has 0 saturated heterocycles. The second kappa shape index (κ2) is 10.3. The quantitative estimate of drug-likeness (QED) is 0.439. The van der Waals surface area contributed by atoms with Gasteiger partial charge in [0.2, 0.25) is 0 Å². The Morgan fingerprint density at radius 3 is 2.64 bits per heavy atom. The molecule has 2 aliphatic rings. The molecule has 8 nitrogen and oxygen atoms in total. The third-order valence-corrected chi connectivity index (χ3v) is 7.27. The molecule has 3 unspecified atom stereocenters. The van der Waals surface area contributed by atoms with Gasteiger partial charge in [-0.05, 0) is 51.6 Å². The van der Waals surface area contributed by atoms with Gasteiger partial charge in [-0.25, -0.2) is 9.18 Å². The normalized spacial score (nSPS) is 23.2. The van der Waals surface area contributed by atoms with Gasteiger partial charge in [0, 0.05) is 40.7 Å². The summed E-state index contributed by atoms with van der Waals surface area (Å²) in [5.41, 5.74) is 1.41. The van der Waals surface area contributed by atoms with E-state index < -0.39 is 29.3 Å². The number of hydrogen-bond acceptors (Lipinski definition) is 8. The maximum atomic E-state index is 13.3. The largest absolute Gasteiger partial charge is 0.549 e. The highest BCUT2D eigenvalue weighted by Gasteiger charge is 2.53. The van der Waals surface area contributed by atoms with Crippen molar-refractivity contribution in [2.24, 2.45) is 5.41 Å². The van der Waals surface area contributed by atoms with Crippen LogP contribution >= 0.6 is 0 Å². The van der Waals surface area contributed by atoms with Crippen LogP contribution in [0.5, 0.6) is 5.75 Å². The maximum absolute atomic E-state index is 13.3. The van der Waals surface area contributed by atoms with Gasteiger partial charge in [0.15, 0.2) is 5.75 Å². The Balaban J connectivity index is 1.77. The van der Waals surface area contributed by atoms with E-state index in [2.05, 4.69) is 5.32 Å². The number of nitrogens with one attached hydrogen (secondary N) is 1. The van der Waals surface area contributed by atoms with Crippen LogP contribution in [0.15, 0.2) is 53.7 Å². The van der Waals surface area contributed by atoms with Crippen molar-refractivity contribution in [1.82, 2.24) is 10.2 Å². The fourth-order valence-electron chi connectivity index (χ4n) is 5.38. The summed E-state index contributed by atoms with van der Waals surface area (Å²) in [6, 6.07) is 11.0. The molecule has 0 aromatic heterocycles. The highest BCUT2D eigenvalue weighted by Crippen LogP contribution is 2.53. The second-order valence-corrected chi connectivity index (χ2v) is 9.45. The lowest BCUT2D eigenvalue weighted by atomic mass is 9.60. The highest BCUT2D eigenvalue weighted by atomic mass is 19.1. The Morgan fingerprint density at radius 2 is 1.97 bits per heavy atom. The predicted octanol–water partition coefficient (Wildman–Crippen LogP) is 2.43. The monoisotopic (exact) mass is 497 g/mol. The van der Waals surface area contributed by atoms with E-state index in [1.165, 1.54) is 19.2 Å². The third kappa shape index (κ3) is 4.56. The first kappa shape index (κ1) is 25.7. The minimum atomic E-state index is -1.53. The zero-order valence-corrected chi connectivity index (χ0v) is 20.8. The topological polar surface area (TPSA) is 100 Å². The average molecular weight is 498 g/mol. The fourth-order valence-corrected chi connectivity index (χ4v) is 5.38. The smallest absolute Gasteiger partial charge is 0.336 e. The summed E-state index contributed by atoms with van der Waals surface area (Å²) in [7, 11) is 3.13. The molecular formula is C27H30FN2O6-. The van der Waals surface area contributed by atoms with Crippen LogP contribution in [-0.2, 0) is 32.4 Å². The summed E-state index contributed by atoms with van der Waals surface area (Å²) in [5.74, 6) is -2.73. The molecule has 4 rings (SSSR count). The number of ether oxygens (including phenoxy) is 1. The summed E-state index contributed by atoms with van der Waals surface area (Å²) >= 11 is 0. The van der Waals surface area contributed by atoms with E-state index in [1.807, 2.05) is 18.0 Å². The van der Waals surface area contributed by atoms with Crippen LogP contribution in [0.3, 0.4) is 0 Å². The molecule has 0 fully saturated rings. The molecule has 1 N–H and O–H groups in total. The molecule has 0 spiro atoms. The number of rotatable bonds is 8. The highest BCUT2D eigenvalue weighted by molar-refractivity contribution is 5.94. The van der Waals surface area contributed by atoms with Gasteiger partial charge < -0.3 is 29.7 Å². The number of fused-ring (bicyclic) bond motifs is 1. The van der Waals surface area contributed by atoms with Gasteiger partial charge in [-0.1, -0.05) is 30.3 Å². The van der Waals surface area contributed by atoms with Crippen molar-refractivity contribution in [1.29, 1.82) is 0 Å². The minimum Gasteiger partial charge on any atom is -0.549 e. The molecule has 2 aromatic rings. The number of methoxy groups -OCH3 is 1. The van der Waals surface area contributed by atoms with E-state index in [4.69, 9.17) is 14.5 Å². The zero-order valence-electron chi connectivity index (χ0n) is 20.8. The van der Waals surface area contributed by atoms with Crippen molar-refractivity contribution in [3.63, 3.8) is 0 Å². The molecule has 192 valence electrons. The van der Waals surface area contributed by atoms with E-state index in [9.17, 15) is 19.1 Å². The molecule has 2 aliphatic heterocycles. The number of halogens is 1. The number of carbonyl (C=O) groups is 2. The number of carbonyl (C=O) groups excluding carboxylic acids is 2. The number of esters is 1. The van der Waals surface area contributed by atoms with Crippen LogP contribution in [-0.4, -0.2) is 43.6 Å². The summed E-state index contributed by atoms with van der Waals surface area (Å²) in [4.78, 5) is 38.7. The van der Waals surface area contributed by atoms with Crippen LogP contribution in [0.2, 0.25) is 0 Å². The van der Waals surface area contributed by atoms with Gasteiger partial charge in [-0.2, -0.15) is 4.89 Å². The SMILES string of the molecule is COC(=O)C1=C(C)NC(C)C(CCN(C)Cc2ccc(F)cc2)(C(=O)[O-])C1c1cccc2c1OOC2. The van der Waals surface area contributed by atoms with Gasteiger partial charge in [0.25, 0.3) is 0 Å². The van der Waals surface area contributed by atoms with E-state index in [0.717, 1.165) is 11.1 Å². The molecule has 3 atom stereocenters. The van der Waals surface area contributed by atoms with E-state index in [0.29, 0.717) is 30.1 Å². The van der Waals surface area contributed by atoms with Crippen LogP contribution in [0, 0.1) is 11.2 Å². The molecule has 0 saturated carbocycles. The lowest BCUT2D eigenvalue weighted by Gasteiger charge is -2.51. The number of allylic oxidation sites excluding steroid dienone is 1. The Bertz CT molecular complexity index is 1180. The Kier molecular flexibility index (Phi) is 7.33. The molecule has 36 heavy (non-hydrogen) atoms. The first-order chi connectivity index (χ1) is 17.2. The van der Waals surface area contributed by atoms with Crippen LogP contribution in [0.4, 0.5) is 4.39 Å². The summed E-state index contributed by atoms with van der Waals surface area (Å²) in [5, 5.41) is 16.3. The van der Waals surface area contributed by atoms with Crippen LogP contribution in [0.25, 0.3) is 0 Å². The first-order valence-corrected chi connectivity index (χ1v) is 11.8. The summed E-state index contributed by atoms with van der Waals surface area (Å²) < 4.78 is 18.4. The second-order valence-electron chi connectivity index (χ2n) is 9.45. The molecular weight excluding hydrogens is 467 g/mol. The number of aliphatic carboxylic acids is 1. The number of benzene rings is 2. The molecule has 0 bridgehead atoms. The number of hydrogen-bond donors (Lipinski definition) is 1. The Labute approximate surface area is 209 Å². The van der Waals surface area contributed by atoms with Crippen molar-refractivity contribution in [2.75, 3.05) is 20.7 Å². The van der Waals surface area contributed by atoms with Crippen molar-refractivity contribution in [3.8, 4) is 5.75 Å². The van der Waals surface area contributed by atoms with Crippen molar-refractivity contribution >= 4 is 11.9 Å². The third-order valence-electron chi connectivity index (χ3n) is 7.27. The standard InChI is InChI=1S/C27H31FN2O6/c1-16-22(25(31)34-4)23(21-7-5-6-19-15-35-36-24(19)21)27(26(32)33,17(2)29-16)12-13-30(3)14-18-8-10-20(28)11-9-18/h5-11,17,23,29H,12-15H2,1-4H3,(H,32,33)/p-1. The number of para-hydroxylation sites is 1. The maximum Gasteiger partial charge on any atom is 0.336 e. The molecule has 0 aliphatic carbocycles. The Morgan fingerprint density at radius 1 is 1.25 bits per heavy atom. The average Bonchev–Trinajstić information content (AvgIpc) is 3.33. The first-order valence-electron chi connectivity index (χ1n) is 11.8. The zero-order chi connectivity index (χ0) is 26.0. The number of carboxylic acid groups (broad SMARTS) is 1. The van der Waals surface area contributed by atoms with E-state index in [-0.39, 0.29) is 24.4 Å². The lowest BCUT2D eigenvalue weighted by Crippen LogP contribution is -2.61. The van der Waals surface area contributed by atoms with Crippen LogP contribution in [0.1, 0.15) is 42.9 Å². The minimum absolute atomic E-state index is 0.157. The molecule has 0 amide bonds. The summed E-state index contributed by atoms with van der Waals surface area (Å²) in [6.45, 7) is 4.59. The van der Waals surface area contributed by atoms with Gasteiger partial charge in [-0.15, -0.1) is 0 Å². The molecule has 9 heteroatoms. The molecule has 0 radical (unpaired) electrons. The van der Waals surface area contributed by atoms with Gasteiger partial charge in [0.05, 0.1) is 18.7 Å². The molecule has 2 heterocycles. The van der Waals surface area contributed by atoms with Crippen molar-refractivity contribution < 1.29 is 33.6 Å².